The summed E-state index contributed by atoms with van der Waals surface area (Å²) in [5.41, 5.74) is 1.23. The Bertz CT molecular complexity index is 652. The lowest BCUT2D eigenvalue weighted by molar-refractivity contribution is 0.136. The Labute approximate surface area is 139 Å². The largest absolute Gasteiger partial charge is 0.495 e. The van der Waals surface area contributed by atoms with Gasteiger partial charge in [-0.3, -0.25) is 0 Å². The third-order valence-corrected chi connectivity index (χ3v) is 3.49. The smallest absolute Gasteiger partial charge is 0.407 e. The molecular weight excluding hydrogens is 321 g/mol. The number of nitrogens with one attached hydrogen (secondary N) is 1. The van der Waals surface area contributed by atoms with Crippen LogP contribution in [-0.2, 0) is 11.3 Å². The van der Waals surface area contributed by atoms with E-state index in [0.717, 1.165) is 5.56 Å². The van der Waals surface area contributed by atoms with Crippen molar-refractivity contribution in [2.24, 2.45) is 0 Å². The second-order valence-electron chi connectivity index (χ2n) is 4.80. The van der Waals surface area contributed by atoms with Gasteiger partial charge in [0.15, 0.2) is 0 Å². The van der Waals surface area contributed by atoms with Gasteiger partial charge in [-0.2, -0.15) is 0 Å². The van der Waals surface area contributed by atoms with E-state index in [1.165, 1.54) is 13.2 Å². The third kappa shape index (κ3) is 5.14. The fraction of sp³-hybridized carbons (Fsp3) is 0.235. The Kier molecular flexibility index (Phi) is 6.23. The molecule has 0 aliphatic heterocycles. The molecule has 0 radical (unpaired) electrons. The van der Waals surface area contributed by atoms with Gasteiger partial charge in [-0.1, -0.05) is 48.0 Å². The maximum atomic E-state index is 14.1. The van der Waals surface area contributed by atoms with E-state index in [0.29, 0.717) is 16.3 Å². The molecule has 0 fully saturated rings. The third-order valence-electron chi connectivity index (χ3n) is 3.18. The maximum absolute atomic E-state index is 14.1. The number of alkyl carbamates (subject to hydrolysis) is 1. The van der Waals surface area contributed by atoms with E-state index in [2.05, 4.69) is 5.32 Å². The molecule has 4 nitrogen and oxygen atoms in total. The SMILES string of the molecule is COc1cc(C(F)CNC(=O)OCc2ccccc2)ccc1Cl. The van der Waals surface area contributed by atoms with Gasteiger partial charge in [0.2, 0.25) is 0 Å². The van der Waals surface area contributed by atoms with E-state index in [9.17, 15) is 9.18 Å². The number of alkyl halides is 1. The molecule has 0 bridgehead atoms. The highest BCUT2D eigenvalue weighted by molar-refractivity contribution is 6.32. The Morgan fingerprint density at radius 1 is 1.26 bits per heavy atom. The van der Waals surface area contributed by atoms with Crippen LogP contribution in [0.25, 0.3) is 0 Å². The normalized spacial score (nSPS) is 11.6. The van der Waals surface area contributed by atoms with Crippen molar-refractivity contribution in [2.45, 2.75) is 12.8 Å². The number of carbonyl (C=O) groups is 1. The molecule has 122 valence electrons. The first kappa shape index (κ1) is 17.1. The van der Waals surface area contributed by atoms with Crippen LogP contribution in [0.1, 0.15) is 17.3 Å². The van der Waals surface area contributed by atoms with Crippen molar-refractivity contribution in [1.82, 2.24) is 5.32 Å². The van der Waals surface area contributed by atoms with Crippen LogP contribution in [0.2, 0.25) is 5.02 Å². The Balaban J connectivity index is 1.81. The lowest BCUT2D eigenvalue weighted by Crippen LogP contribution is -2.27. The highest BCUT2D eigenvalue weighted by Crippen LogP contribution is 2.28. The summed E-state index contributed by atoms with van der Waals surface area (Å²) in [4.78, 5) is 11.6. The topological polar surface area (TPSA) is 47.6 Å². The number of rotatable bonds is 6. The minimum Gasteiger partial charge on any atom is -0.495 e. The molecule has 0 heterocycles. The first-order chi connectivity index (χ1) is 11.1. The van der Waals surface area contributed by atoms with E-state index in [1.807, 2.05) is 30.3 Å². The van der Waals surface area contributed by atoms with Crippen LogP contribution >= 0.6 is 11.6 Å². The van der Waals surface area contributed by atoms with Crippen molar-refractivity contribution < 1.29 is 18.7 Å². The summed E-state index contributed by atoms with van der Waals surface area (Å²) < 4.78 is 24.2. The van der Waals surface area contributed by atoms with Gasteiger partial charge in [0, 0.05) is 0 Å². The molecule has 2 aromatic carbocycles. The second-order valence-corrected chi connectivity index (χ2v) is 5.21. The number of benzene rings is 2. The predicted molar refractivity (Wildman–Crippen MR) is 86.5 cm³/mol. The van der Waals surface area contributed by atoms with Gasteiger partial charge >= 0.3 is 6.09 Å². The van der Waals surface area contributed by atoms with Crippen molar-refractivity contribution in [1.29, 1.82) is 0 Å². The van der Waals surface area contributed by atoms with Gasteiger partial charge in [0.1, 0.15) is 18.5 Å². The van der Waals surface area contributed by atoms with Crippen molar-refractivity contribution in [3.8, 4) is 5.75 Å². The lowest BCUT2D eigenvalue weighted by atomic mass is 10.1. The van der Waals surface area contributed by atoms with E-state index < -0.39 is 12.3 Å². The molecule has 1 unspecified atom stereocenters. The number of halogens is 2. The van der Waals surface area contributed by atoms with Crippen molar-refractivity contribution in [3.05, 3.63) is 64.7 Å². The number of carbonyl (C=O) groups excluding carboxylic acids is 1. The number of hydrogen-bond donors (Lipinski definition) is 1. The molecule has 1 amide bonds. The number of amides is 1. The van der Waals surface area contributed by atoms with Crippen LogP contribution in [0.4, 0.5) is 9.18 Å². The fourth-order valence-electron chi connectivity index (χ4n) is 1.94. The molecule has 0 aliphatic rings. The van der Waals surface area contributed by atoms with E-state index in [1.54, 1.807) is 12.1 Å². The van der Waals surface area contributed by atoms with Crippen LogP contribution in [-0.4, -0.2) is 19.7 Å². The van der Waals surface area contributed by atoms with Gasteiger partial charge in [-0.25, -0.2) is 9.18 Å². The molecular formula is C17H17ClFNO3. The summed E-state index contributed by atoms with van der Waals surface area (Å²) in [5, 5.41) is 2.79. The van der Waals surface area contributed by atoms with Gasteiger partial charge in [0.25, 0.3) is 0 Å². The van der Waals surface area contributed by atoms with E-state index in [4.69, 9.17) is 21.1 Å². The molecule has 0 aliphatic carbocycles. The highest BCUT2D eigenvalue weighted by Gasteiger charge is 2.14. The molecule has 0 aromatic heterocycles. The fourth-order valence-corrected chi connectivity index (χ4v) is 2.13. The monoisotopic (exact) mass is 337 g/mol. The van der Waals surface area contributed by atoms with Gasteiger partial charge < -0.3 is 14.8 Å². The molecule has 23 heavy (non-hydrogen) atoms. The van der Waals surface area contributed by atoms with Crippen LogP contribution in [0.5, 0.6) is 5.75 Å². The maximum Gasteiger partial charge on any atom is 0.407 e. The standard InChI is InChI=1S/C17H17ClFNO3/c1-22-16-9-13(7-8-14(16)18)15(19)10-20-17(21)23-11-12-5-3-2-4-6-12/h2-9,15H,10-11H2,1H3,(H,20,21). The molecule has 0 spiro atoms. The summed E-state index contributed by atoms with van der Waals surface area (Å²) in [6, 6.07) is 13.9. The molecule has 0 saturated heterocycles. The minimum absolute atomic E-state index is 0.137. The average Bonchev–Trinajstić information content (AvgIpc) is 2.59. The molecule has 2 aromatic rings. The summed E-state index contributed by atoms with van der Waals surface area (Å²) >= 11 is 5.89. The average molecular weight is 338 g/mol. The molecule has 0 saturated carbocycles. The van der Waals surface area contributed by atoms with Crippen LogP contribution < -0.4 is 10.1 Å². The molecule has 2 rings (SSSR count). The zero-order valence-electron chi connectivity index (χ0n) is 12.6. The van der Waals surface area contributed by atoms with Crippen LogP contribution in [0, 0.1) is 0 Å². The van der Waals surface area contributed by atoms with E-state index >= 15 is 0 Å². The molecule has 6 heteroatoms. The van der Waals surface area contributed by atoms with Crippen LogP contribution in [0.3, 0.4) is 0 Å². The second kappa shape index (κ2) is 8.39. The first-order valence-electron chi connectivity index (χ1n) is 7.02. The van der Waals surface area contributed by atoms with Crippen molar-refractivity contribution in [2.75, 3.05) is 13.7 Å². The van der Waals surface area contributed by atoms with E-state index in [-0.39, 0.29) is 13.2 Å². The Morgan fingerprint density at radius 3 is 2.70 bits per heavy atom. The van der Waals surface area contributed by atoms with Crippen molar-refractivity contribution in [3.63, 3.8) is 0 Å². The predicted octanol–water partition coefficient (Wildman–Crippen LogP) is 4.29. The van der Waals surface area contributed by atoms with Gasteiger partial charge in [-0.15, -0.1) is 0 Å². The molecule has 1 N–H and O–H groups in total. The summed E-state index contributed by atoms with van der Waals surface area (Å²) in [5.74, 6) is 0.387. The zero-order valence-corrected chi connectivity index (χ0v) is 13.3. The lowest BCUT2D eigenvalue weighted by Gasteiger charge is -2.12. The zero-order chi connectivity index (χ0) is 16.7. The quantitative estimate of drug-likeness (QED) is 0.855. The number of hydrogen-bond acceptors (Lipinski definition) is 3. The summed E-state index contributed by atoms with van der Waals surface area (Å²) in [6.45, 7) is -0.0587. The minimum atomic E-state index is -1.38. The Hall–Kier alpha value is -2.27. The summed E-state index contributed by atoms with van der Waals surface area (Å²) in [7, 11) is 1.46. The van der Waals surface area contributed by atoms with Crippen molar-refractivity contribution >= 4 is 17.7 Å². The first-order valence-corrected chi connectivity index (χ1v) is 7.40. The summed E-state index contributed by atoms with van der Waals surface area (Å²) in [6.07, 6.45) is -2.05. The Morgan fingerprint density at radius 2 is 2.00 bits per heavy atom. The number of methoxy groups -OCH3 is 1. The van der Waals surface area contributed by atoms with Gasteiger partial charge in [0.05, 0.1) is 18.7 Å². The van der Waals surface area contributed by atoms with Crippen LogP contribution in [0.15, 0.2) is 48.5 Å². The van der Waals surface area contributed by atoms with Gasteiger partial charge in [-0.05, 0) is 23.3 Å². The molecule has 1 atom stereocenters. The number of ether oxygens (including phenoxy) is 2. The highest BCUT2D eigenvalue weighted by atomic mass is 35.5.